The highest BCUT2D eigenvalue weighted by Crippen LogP contribution is 2.10. The molecule has 88 valence electrons. The van der Waals surface area contributed by atoms with Crippen molar-refractivity contribution in [2.24, 2.45) is 11.5 Å². The van der Waals surface area contributed by atoms with Crippen LogP contribution in [0.4, 0.5) is 0 Å². The number of hydrogen-bond acceptors (Lipinski definition) is 4. The maximum Gasteiger partial charge on any atom is 0.241 e. The number of amides is 1. The lowest BCUT2D eigenvalue weighted by atomic mass is 10.2. The average molecular weight is 243 g/mol. The van der Waals surface area contributed by atoms with Gasteiger partial charge >= 0.3 is 0 Å². The molecule has 0 unspecified atom stereocenters. The fraction of sp³-hybridized carbons (Fsp3) is 0.222. The Morgan fingerprint density at radius 3 is 2.62 bits per heavy atom. The van der Waals surface area contributed by atoms with Crippen LogP contribution in [0.3, 0.4) is 0 Å². The smallest absolute Gasteiger partial charge is 0.241 e. The van der Waals surface area contributed by atoms with Crippen LogP contribution in [0.25, 0.3) is 0 Å². The maximum absolute atomic E-state index is 11.6. The van der Waals surface area contributed by atoms with E-state index in [-0.39, 0.29) is 11.4 Å². The van der Waals surface area contributed by atoms with Gasteiger partial charge in [0.25, 0.3) is 0 Å². The van der Waals surface area contributed by atoms with Gasteiger partial charge in [0.15, 0.2) is 0 Å². The summed E-state index contributed by atoms with van der Waals surface area (Å²) in [6.45, 7) is -0.172. The predicted molar refractivity (Wildman–Crippen MR) is 58.7 cm³/mol. The molecule has 1 rings (SSSR count). The second kappa shape index (κ2) is 5.06. The Labute approximate surface area is 93.7 Å². The fourth-order valence-electron chi connectivity index (χ4n) is 1.09. The van der Waals surface area contributed by atoms with E-state index in [2.05, 4.69) is 4.72 Å². The van der Waals surface area contributed by atoms with Gasteiger partial charge in [0, 0.05) is 6.54 Å². The number of hydrogen-bond donors (Lipinski definition) is 3. The summed E-state index contributed by atoms with van der Waals surface area (Å²) in [5, 5.41) is 0. The van der Waals surface area contributed by atoms with Gasteiger partial charge in [-0.1, -0.05) is 12.1 Å². The molecular weight excluding hydrogens is 230 g/mol. The second-order valence-corrected chi connectivity index (χ2v) is 4.91. The molecule has 1 amide bonds. The lowest BCUT2D eigenvalue weighted by Gasteiger charge is -2.06. The van der Waals surface area contributed by atoms with E-state index in [9.17, 15) is 13.2 Å². The maximum atomic E-state index is 11.6. The van der Waals surface area contributed by atoms with Crippen molar-refractivity contribution >= 4 is 15.9 Å². The van der Waals surface area contributed by atoms with Gasteiger partial charge in [-0.15, -0.1) is 0 Å². The zero-order valence-corrected chi connectivity index (χ0v) is 9.33. The molecule has 0 radical (unpaired) electrons. The van der Waals surface area contributed by atoms with E-state index in [0.29, 0.717) is 5.56 Å². The quantitative estimate of drug-likeness (QED) is 0.609. The normalized spacial score (nSPS) is 11.3. The first-order valence-corrected chi connectivity index (χ1v) is 6.01. The Morgan fingerprint density at radius 1 is 1.38 bits per heavy atom. The fourth-order valence-corrected chi connectivity index (χ4v) is 2.15. The molecule has 0 spiro atoms. The van der Waals surface area contributed by atoms with Gasteiger partial charge in [-0.05, 0) is 17.7 Å². The molecule has 0 atom stereocenters. The van der Waals surface area contributed by atoms with Gasteiger partial charge in [-0.3, -0.25) is 4.79 Å². The van der Waals surface area contributed by atoms with Crippen molar-refractivity contribution in [3.05, 3.63) is 29.8 Å². The minimum Gasteiger partial charge on any atom is -0.369 e. The zero-order chi connectivity index (χ0) is 12.2. The number of carbonyl (C=O) groups is 1. The van der Waals surface area contributed by atoms with Crippen LogP contribution in [0.5, 0.6) is 0 Å². The van der Waals surface area contributed by atoms with Crippen molar-refractivity contribution in [1.82, 2.24) is 4.72 Å². The Kier molecular flexibility index (Phi) is 3.99. The summed E-state index contributed by atoms with van der Waals surface area (Å²) >= 11 is 0. The molecular formula is C9H13N3O3S. The third kappa shape index (κ3) is 3.30. The highest BCUT2D eigenvalue weighted by Gasteiger charge is 2.14. The van der Waals surface area contributed by atoms with Crippen molar-refractivity contribution in [3.63, 3.8) is 0 Å². The van der Waals surface area contributed by atoms with E-state index in [0.717, 1.165) is 0 Å². The summed E-state index contributed by atoms with van der Waals surface area (Å²) in [6.07, 6.45) is 0. The molecule has 5 N–H and O–H groups in total. The number of rotatable bonds is 5. The van der Waals surface area contributed by atoms with E-state index >= 15 is 0 Å². The van der Waals surface area contributed by atoms with Crippen LogP contribution in [-0.4, -0.2) is 20.9 Å². The van der Waals surface area contributed by atoms with Crippen molar-refractivity contribution in [3.8, 4) is 0 Å². The van der Waals surface area contributed by atoms with Gasteiger partial charge in [0.05, 0.1) is 11.4 Å². The van der Waals surface area contributed by atoms with E-state index in [1.165, 1.54) is 12.1 Å². The lowest BCUT2D eigenvalue weighted by Crippen LogP contribution is -2.33. The van der Waals surface area contributed by atoms with Crippen LogP contribution < -0.4 is 16.2 Å². The highest BCUT2D eigenvalue weighted by molar-refractivity contribution is 7.89. The Bertz CT molecular complexity index is 485. The summed E-state index contributed by atoms with van der Waals surface area (Å²) in [7, 11) is -3.69. The molecule has 0 aliphatic rings. The van der Waals surface area contributed by atoms with E-state index in [1.54, 1.807) is 12.1 Å². The third-order valence-electron chi connectivity index (χ3n) is 1.88. The van der Waals surface area contributed by atoms with Crippen molar-refractivity contribution in [2.75, 3.05) is 6.54 Å². The average Bonchev–Trinajstić information content (AvgIpc) is 2.27. The number of sulfonamides is 1. The molecule has 1 aromatic rings. The van der Waals surface area contributed by atoms with Crippen molar-refractivity contribution in [1.29, 1.82) is 0 Å². The lowest BCUT2D eigenvalue weighted by molar-refractivity contribution is -0.116. The van der Waals surface area contributed by atoms with Crippen LogP contribution in [0, 0.1) is 0 Å². The van der Waals surface area contributed by atoms with Crippen LogP contribution in [0.1, 0.15) is 5.56 Å². The minimum absolute atomic E-state index is 0.0664. The number of benzene rings is 1. The molecule has 0 saturated carbocycles. The molecule has 0 aromatic heterocycles. The summed E-state index contributed by atoms with van der Waals surface area (Å²) in [5.74, 6) is -0.737. The van der Waals surface area contributed by atoms with Crippen LogP contribution in [0.2, 0.25) is 0 Å². The van der Waals surface area contributed by atoms with Crippen LogP contribution >= 0.6 is 0 Å². The standard InChI is InChI=1S/C9H13N3O3S/c10-5-7-2-1-3-8(4-7)16(14,15)12-6-9(11)13/h1-4,12H,5-6,10H2,(H2,11,13). The van der Waals surface area contributed by atoms with E-state index in [1.807, 2.05) is 0 Å². The summed E-state index contributed by atoms with van der Waals surface area (Å²) < 4.78 is 25.4. The molecule has 0 fully saturated rings. The molecule has 0 saturated heterocycles. The first-order valence-electron chi connectivity index (χ1n) is 4.52. The summed E-state index contributed by atoms with van der Waals surface area (Å²) in [4.78, 5) is 10.5. The van der Waals surface area contributed by atoms with Crippen molar-refractivity contribution in [2.45, 2.75) is 11.4 Å². The Balaban J connectivity index is 2.93. The zero-order valence-electron chi connectivity index (χ0n) is 8.51. The number of carbonyl (C=O) groups excluding carboxylic acids is 1. The largest absolute Gasteiger partial charge is 0.369 e. The van der Waals surface area contributed by atoms with Gasteiger partial charge < -0.3 is 11.5 Å². The van der Waals surface area contributed by atoms with E-state index < -0.39 is 22.5 Å². The van der Waals surface area contributed by atoms with Gasteiger partial charge in [0.2, 0.25) is 15.9 Å². The van der Waals surface area contributed by atoms with Gasteiger partial charge in [-0.2, -0.15) is 0 Å². The SMILES string of the molecule is NCc1cccc(S(=O)(=O)NCC(N)=O)c1. The molecule has 0 aliphatic carbocycles. The highest BCUT2D eigenvalue weighted by atomic mass is 32.2. The monoisotopic (exact) mass is 243 g/mol. The van der Waals surface area contributed by atoms with E-state index in [4.69, 9.17) is 11.5 Å². The Morgan fingerprint density at radius 2 is 2.06 bits per heavy atom. The summed E-state index contributed by atoms with van der Waals surface area (Å²) in [5.41, 5.74) is 10.9. The first kappa shape index (κ1) is 12.6. The molecule has 6 nitrogen and oxygen atoms in total. The topological polar surface area (TPSA) is 115 Å². The molecule has 1 aromatic carbocycles. The first-order chi connectivity index (χ1) is 7.45. The van der Waals surface area contributed by atoms with Gasteiger partial charge in [-0.25, -0.2) is 13.1 Å². The van der Waals surface area contributed by atoms with Crippen molar-refractivity contribution < 1.29 is 13.2 Å². The molecule has 7 heteroatoms. The molecule has 0 bridgehead atoms. The predicted octanol–water partition coefficient (Wildman–Crippen LogP) is -1.09. The summed E-state index contributed by atoms with van der Waals surface area (Å²) in [6, 6.07) is 6.17. The molecule has 16 heavy (non-hydrogen) atoms. The molecule has 0 aliphatic heterocycles. The Hall–Kier alpha value is -1.44. The number of nitrogens with two attached hydrogens (primary N) is 2. The third-order valence-corrected chi connectivity index (χ3v) is 3.28. The number of nitrogens with one attached hydrogen (secondary N) is 1. The van der Waals surface area contributed by atoms with Crippen LogP contribution in [-0.2, 0) is 21.4 Å². The minimum atomic E-state index is -3.69. The van der Waals surface area contributed by atoms with Gasteiger partial charge in [0.1, 0.15) is 0 Å². The second-order valence-electron chi connectivity index (χ2n) is 3.14. The van der Waals surface area contributed by atoms with Crippen LogP contribution in [0.15, 0.2) is 29.2 Å². The number of primary amides is 1. The molecule has 0 heterocycles.